The van der Waals surface area contributed by atoms with E-state index in [0.717, 1.165) is 68.9 Å². The zero-order chi connectivity index (χ0) is 21.6. The van der Waals surface area contributed by atoms with Crippen molar-refractivity contribution in [3.63, 3.8) is 0 Å². The van der Waals surface area contributed by atoms with Crippen LogP contribution in [0.25, 0.3) is 0 Å². The number of pyridine rings is 1. The van der Waals surface area contributed by atoms with Gasteiger partial charge in [-0.05, 0) is 68.0 Å². The lowest BCUT2D eigenvalue weighted by molar-refractivity contribution is -0.128. The number of nitrogens with one attached hydrogen (secondary N) is 1. The third-order valence-electron chi connectivity index (χ3n) is 6.65. The fourth-order valence-electron chi connectivity index (χ4n) is 4.68. The Kier molecular flexibility index (Phi) is 7.07. The number of hydrogen-bond donors (Lipinski definition) is 1. The van der Waals surface area contributed by atoms with Gasteiger partial charge in [-0.1, -0.05) is 18.6 Å². The van der Waals surface area contributed by atoms with Crippen LogP contribution >= 0.6 is 0 Å². The number of rotatable bonds is 8. The second kappa shape index (κ2) is 10.1. The summed E-state index contributed by atoms with van der Waals surface area (Å²) in [5.41, 5.74) is 2.17. The van der Waals surface area contributed by atoms with E-state index in [4.69, 9.17) is 9.47 Å². The molecule has 2 heterocycles. The molecular weight excluding hydrogens is 390 g/mol. The number of carbonyl (C=O) groups is 1. The van der Waals surface area contributed by atoms with Crippen molar-refractivity contribution < 1.29 is 14.3 Å². The molecule has 0 bridgehead atoms. The highest BCUT2D eigenvalue weighted by Crippen LogP contribution is 2.33. The number of hydrogen-bond acceptors (Lipinski definition) is 5. The van der Waals surface area contributed by atoms with Gasteiger partial charge in [-0.15, -0.1) is 0 Å². The average molecular weight is 424 g/mol. The first kappa shape index (κ1) is 21.6. The number of benzene rings is 1. The van der Waals surface area contributed by atoms with E-state index in [2.05, 4.69) is 27.3 Å². The second-order valence-corrected chi connectivity index (χ2v) is 8.70. The number of carbonyl (C=O) groups excluding carboxylic acids is 1. The minimum absolute atomic E-state index is 0.0393. The number of ether oxygens (including phenoxy) is 2. The first-order valence-electron chi connectivity index (χ1n) is 11.3. The van der Waals surface area contributed by atoms with Crippen LogP contribution in [0.5, 0.6) is 11.5 Å². The molecule has 31 heavy (non-hydrogen) atoms. The molecule has 1 N–H and O–H groups in total. The molecule has 2 aliphatic rings. The predicted octanol–water partition coefficient (Wildman–Crippen LogP) is 3.97. The maximum Gasteiger partial charge on any atom is 0.223 e. The maximum absolute atomic E-state index is 12.8. The molecule has 2 atom stereocenters. The van der Waals surface area contributed by atoms with Gasteiger partial charge >= 0.3 is 0 Å². The molecule has 166 valence electrons. The van der Waals surface area contributed by atoms with Crippen molar-refractivity contribution in [3.8, 4) is 11.5 Å². The van der Waals surface area contributed by atoms with Gasteiger partial charge in [-0.2, -0.15) is 0 Å². The van der Waals surface area contributed by atoms with Crippen LogP contribution in [0.15, 0.2) is 42.6 Å². The van der Waals surface area contributed by atoms with Crippen LogP contribution in [0.4, 0.5) is 0 Å². The normalized spacial score (nSPS) is 20.5. The minimum atomic E-state index is -0.0393. The highest BCUT2D eigenvalue weighted by molar-refractivity contribution is 5.79. The number of amides is 1. The van der Waals surface area contributed by atoms with Crippen molar-refractivity contribution >= 4 is 5.91 Å². The summed E-state index contributed by atoms with van der Waals surface area (Å²) in [6.45, 7) is 2.83. The van der Waals surface area contributed by atoms with Crippen LogP contribution in [0.3, 0.4) is 0 Å². The van der Waals surface area contributed by atoms with E-state index in [1.165, 1.54) is 5.56 Å². The minimum Gasteiger partial charge on any atom is -0.493 e. The molecular formula is C25H33N3O3. The fourth-order valence-corrected chi connectivity index (χ4v) is 4.68. The Bertz CT molecular complexity index is 870. The predicted molar refractivity (Wildman–Crippen MR) is 120 cm³/mol. The maximum atomic E-state index is 12.8. The van der Waals surface area contributed by atoms with E-state index in [9.17, 15) is 4.79 Å². The molecule has 1 aliphatic carbocycles. The zero-order valence-corrected chi connectivity index (χ0v) is 18.5. The lowest BCUT2D eigenvalue weighted by atomic mass is 9.83. The average Bonchev–Trinajstić information content (AvgIpc) is 2.77. The molecule has 1 aromatic heterocycles. The van der Waals surface area contributed by atoms with Gasteiger partial charge in [0.25, 0.3) is 0 Å². The fraction of sp³-hybridized carbons (Fsp3) is 0.520. The second-order valence-electron chi connectivity index (χ2n) is 8.70. The van der Waals surface area contributed by atoms with Gasteiger partial charge in [0.1, 0.15) is 0 Å². The highest BCUT2D eigenvalue weighted by atomic mass is 16.5. The molecule has 6 nitrogen and oxygen atoms in total. The standard InChI is InChI=1S/C25H33N3O3/c1-30-22-12-11-18(15-23(22)31-2)16-28-14-6-9-20(17-28)24(21-10-3-4-13-26-21)27-25(29)19-7-5-8-19/h3-4,10-13,15,19-20,24H,5-9,14,16-17H2,1-2H3,(H,27,29). The van der Waals surface area contributed by atoms with Crippen molar-refractivity contribution in [1.82, 2.24) is 15.2 Å². The Balaban J connectivity index is 1.47. The molecule has 1 amide bonds. The number of nitrogens with zero attached hydrogens (tertiary/aromatic N) is 2. The van der Waals surface area contributed by atoms with Crippen LogP contribution < -0.4 is 14.8 Å². The third-order valence-corrected chi connectivity index (χ3v) is 6.65. The molecule has 6 heteroatoms. The van der Waals surface area contributed by atoms with Gasteiger partial charge in [0.05, 0.1) is 26.0 Å². The summed E-state index contributed by atoms with van der Waals surface area (Å²) in [5.74, 6) is 2.22. The van der Waals surface area contributed by atoms with Gasteiger partial charge in [0, 0.05) is 25.2 Å². The van der Waals surface area contributed by atoms with Gasteiger partial charge in [0.15, 0.2) is 11.5 Å². The largest absolute Gasteiger partial charge is 0.493 e. The first-order chi connectivity index (χ1) is 15.2. The number of likely N-dealkylation sites (tertiary alicyclic amines) is 1. The van der Waals surface area contributed by atoms with Crippen molar-refractivity contribution in [2.45, 2.75) is 44.7 Å². The molecule has 4 rings (SSSR count). The lowest BCUT2D eigenvalue weighted by Gasteiger charge is -2.38. The zero-order valence-electron chi connectivity index (χ0n) is 18.5. The molecule has 1 aliphatic heterocycles. The number of methoxy groups -OCH3 is 2. The van der Waals surface area contributed by atoms with Crippen LogP contribution in [0.1, 0.15) is 49.4 Å². The Morgan fingerprint density at radius 2 is 1.97 bits per heavy atom. The SMILES string of the molecule is COc1ccc(CN2CCCC(C(NC(=O)C3CCC3)c3ccccn3)C2)cc1OC. The van der Waals surface area contributed by atoms with E-state index < -0.39 is 0 Å². The topological polar surface area (TPSA) is 63.7 Å². The lowest BCUT2D eigenvalue weighted by Crippen LogP contribution is -2.45. The summed E-state index contributed by atoms with van der Waals surface area (Å²) in [6, 6.07) is 12.1. The summed E-state index contributed by atoms with van der Waals surface area (Å²) in [5, 5.41) is 3.36. The van der Waals surface area contributed by atoms with Crippen LogP contribution in [0.2, 0.25) is 0 Å². The van der Waals surface area contributed by atoms with Crippen molar-refractivity contribution in [3.05, 3.63) is 53.9 Å². The van der Waals surface area contributed by atoms with Gasteiger partial charge < -0.3 is 14.8 Å². The smallest absolute Gasteiger partial charge is 0.223 e. The van der Waals surface area contributed by atoms with E-state index in [1.54, 1.807) is 14.2 Å². The highest BCUT2D eigenvalue weighted by Gasteiger charge is 2.33. The molecule has 2 unspecified atom stereocenters. The van der Waals surface area contributed by atoms with Crippen molar-refractivity contribution in [1.29, 1.82) is 0 Å². The Labute approximate surface area is 185 Å². The van der Waals surface area contributed by atoms with Crippen molar-refractivity contribution in [2.24, 2.45) is 11.8 Å². The van der Waals surface area contributed by atoms with Crippen molar-refractivity contribution in [2.75, 3.05) is 27.3 Å². The molecule has 1 saturated carbocycles. The third kappa shape index (κ3) is 5.18. The molecule has 2 fully saturated rings. The Morgan fingerprint density at radius 3 is 2.65 bits per heavy atom. The van der Waals surface area contributed by atoms with E-state index in [0.29, 0.717) is 5.92 Å². The van der Waals surface area contributed by atoms with E-state index in [1.807, 2.05) is 30.5 Å². The summed E-state index contributed by atoms with van der Waals surface area (Å²) in [4.78, 5) is 19.8. The summed E-state index contributed by atoms with van der Waals surface area (Å²) >= 11 is 0. The Morgan fingerprint density at radius 1 is 1.13 bits per heavy atom. The van der Waals surface area contributed by atoms with E-state index in [-0.39, 0.29) is 17.9 Å². The van der Waals surface area contributed by atoms with Crippen LogP contribution in [0, 0.1) is 11.8 Å². The molecule has 0 spiro atoms. The van der Waals surface area contributed by atoms with Crippen LogP contribution in [-0.2, 0) is 11.3 Å². The van der Waals surface area contributed by atoms with Gasteiger partial charge in [-0.3, -0.25) is 14.7 Å². The summed E-state index contributed by atoms with van der Waals surface area (Å²) in [7, 11) is 3.32. The molecule has 0 radical (unpaired) electrons. The number of aromatic nitrogens is 1. The van der Waals surface area contributed by atoms with Gasteiger partial charge in [0.2, 0.25) is 5.91 Å². The summed E-state index contributed by atoms with van der Waals surface area (Å²) in [6.07, 6.45) is 7.21. The number of piperidine rings is 1. The first-order valence-corrected chi connectivity index (χ1v) is 11.3. The summed E-state index contributed by atoms with van der Waals surface area (Å²) < 4.78 is 10.8. The van der Waals surface area contributed by atoms with Gasteiger partial charge in [-0.25, -0.2) is 0 Å². The molecule has 2 aromatic rings. The molecule has 1 aromatic carbocycles. The Hall–Kier alpha value is -2.60. The van der Waals surface area contributed by atoms with Crippen LogP contribution in [-0.4, -0.2) is 43.1 Å². The quantitative estimate of drug-likeness (QED) is 0.696. The van der Waals surface area contributed by atoms with E-state index >= 15 is 0 Å². The molecule has 1 saturated heterocycles. The monoisotopic (exact) mass is 423 g/mol.